The molecule has 0 spiro atoms. The molecule has 2 aromatic carbocycles. The van der Waals surface area contributed by atoms with E-state index in [4.69, 9.17) is 4.42 Å². The number of anilines is 1. The third-order valence-corrected chi connectivity index (χ3v) is 5.43. The number of hydrogen-bond donors (Lipinski definition) is 1. The second-order valence-electron chi connectivity index (χ2n) is 6.24. The van der Waals surface area contributed by atoms with Gasteiger partial charge in [0, 0.05) is 18.3 Å². The van der Waals surface area contributed by atoms with Crippen LogP contribution in [-0.2, 0) is 16.6 Å². The molecule has 0 saturated carbocycles. The summed E-state index contributed by atoms with van der Waals surface area (Å²) in [7, 11) is -2.06. The molecule has 1 heterocycles. The molecule has 6 nitrogen and oxygen atoms in total. The summed E-state index contributed by atoms with van der Waals surface area (Å²) in [5.74, 6) is 0.453. The van der Waals surface area contributed by atoms with Crippen molar-refractivity contribution in [3.8, 4) is 0 Å². The molecule has 0 fully saturated rings. The molecule has 1 N–H and O–H groups in total. The highest BCUT2D eigenvalue weighted by Gasteiger charge is 2.17. The van der Waals surface area contributed by atoms with Gasteiger partial charge in [0.15, 0.2) is 0 Å². The summed E-state index contributed by atoms with van der Waals surface area (Å²) in [5.41, 5.74) is 1.93. The fourth-order valence-electron chi connectivity index (χ4n) is 2.54. The van der Waals surface area contributed by atoms with Gasteiger partial charge in [-0.1, -0.05) is 17.7 Å². The van der Waals surface area contributed by atoms with Crippen LogP contribution < -0.4 is 4.72 Å². The minimum Gasteiger partial charge on any atom is -0.467 e. The number of hydrogen-bond acceptors (Lipinski definition) is 4. The molecular weight excluding hydrogens is 364 g/mol. The molecule has 0 bridgehead atoms. The van der Waals surface area contributed by atoms with Crippen LogP contribution in [0.15, 0.2) is 76.2 Å². The Balaban J connectivity index is 1.71. The van der Waals surface area contributed by atoms with Crippen molar-refractivity contribution in [1.29, 1.82) is 0 Å². The van der Waals surface area contributed by atoms with Gasteiger partial charge in [0.05, 0.1) is 17.7 Å². The normalized spacial score (nSPS) is 11.2. The SMILES string of the molecule is Cc1ccc(NS(=O)(=O)c2ccc(C(=O)N(C)Cc3ccco3)cc2)cc1. The van der Waals surface area contributed by atoms with Crippen molar-refractivity contribution in [3.63, 3.8) is 0 Å². The Morgan fingerprint density at radius 2 is 1.70 bits per heavy atom. The highest BCUT2D eigenvalue weighted by Crippen LogP contribution is 2.18. The Bertz CT molecular complexity index is 1010. The number of rotatable bonds is 6. The average Bonchev–Trinajstić information content (AvgIpc) is 3.16. The van der Waals surface area contributed by atoms with Crippen molar-refractivity contribution in [2.45, 2.75) is 18.4 Å². The highest BCUT2D eigenvalue weighted by molar-refractivity contribution is 7.92. The number of carbonyl (C=O) groups is 1. The Labute approximate surface area is 158 Å². The molecule has 0 radical (unpaired) electrons. The number of furan rings is 1. The van der Waals surface area contributed by atoms with Gasteiger partial charge in [-0.15, -0.1) is 0 Å². The smallest absolute Gasteiger partial charge is 0.261 e. The molecule has 1 aromatic heterocycles. The second-order valence-corrected chi connectivity index (χ2v) is 7.92. The Kier molecular flexibility index (Phi) is 5.32. The van der Waals surface area contributed by atoms with Gasteiger partial charge in [0.1, 0.15) is 5.76 Å². The van der Waals surface area contributed by atoms with Crippen molar-refractivity contribution in [3.05, 3.63) is 83.8 Å². The molecule has 0 unspecified atom stereocenters. The molecule has 0 aliphatic rings. The summed E-state index contributed by atoms with van der Waals surface area (Å²) in [6.45, 7) is 2.26. The summed E-state index contributed by atoms with van der Waals surface area (Å²) in [5, 5.41) is 0. The van der Waals surface area contributed by atoms with Crippen molar-refractivity contribution in [1.82, 2.24) is 4.90 Å². The predicted octanol–water partition coefficient (Wildman–Crippen LogP) is 3.66. The molecule has 0 saturated heterocycles. The first-order valence-corrected chi connectivity index (χ1v) is 9.81. The minimum atomic E-state index is -3.72. The number of amides is 1. The van der Waals surface area contributed by atoms with E-state index in [0.29, 0.717) is 23.6 Å². The first-order valence-electron chi connectivity index (χ1n) is 8.32. The van der Waals surface area contributed by atoms with E-state index in [1.807, 2.05) is 19.1 Å². The van der Waals surface area contributed by atoms with Crippen molar-refractivity contribution in [2.24, 2.45) is 0 Å². The topological polar surface area (TPSA) is 79.6 Å². The van der Waals surface area contributed by atoms with Crippen LogP contribution in [0.5, 0.6) is 0 Å². The number of benzene rings is 2. The maximum absolute atomic E-state index is 12.5. The largest absolute Gasteiger partial charge is 0.467 e. The zero-order chi connectivity index (χ0) is 19.4. The molecule has 0 aliphatic heterocycles. The lowest BCUT2D eigenvalue weighted by Gasteiger charge is -2.16. The number of aryl methyl sites for hydroxylation is 1. The lowest BCUT2D eigenvalue weighted by molar-refractivity contribution is 0.0775. The Hall–Kier alpha value is -3.06. The molecule has 140 valence electrons. The molecule has 27 heavy (non-hydrogen) atoms. The van der Waals surface area contributed by atoms with Gasteiger partial charge >= 0.3 is 0 Å². The standard InChI is InChI=1S/C20H20N2O4S/c1-15-5-9-17(10-6-15)21-27(24,25)19-11-7-16(8-12-19)20(23)22(2)14-18-4-3-13-26-18/h3-13,21H,14H2,1-2H3. The van der Waals surface area contributed by atoms with Gasteiger partial charge in [0.2, 0.25) is 0 Å². The highest BCUT2D eigenvalue weighted by atomic mass is 32.2. The van der Waals surface area contributed by atoms with E-state index in [1.165, 1.54) is 29.2 Å². The van der Waals surface area contributed by atoms with Crippen LogP contribution in [0.2, 0.25) is 0 Å². The van der Waals surface area contributed by atoms with Crippen molar-refractivity contribution >= 4 is 21.6 Å². The monoisotopic (exact) mass is 384 g/mol. The summed E-state index contributed by atoms with van der Waals surface area (Å²) in [4.78, 5) is 14.1. The maximum atomic E-state index is 12.5. The Morgan fingerprint density at radius 3 is 2.30 bits per heavy atom. The summed E-state index contributed by atoms with van der Waals surface area (Å²) in [6, 6.07) is 16.5. The van der Waals surface area contributed by atoms with Crippen LogP contribution in [0.4, 0.5) is 5.69 Å². The molecule has 7 heteroatoms. The lowest BCUT2D eigenvalue weighted by atomic mass is 10.2. The minimum absolute atomic E-state index is 0.0910. The summed E-state index contributed by atoms with van der Waals surface area (Å²) in [6.07, 6.45) is 1.55. The predicted molar refractivity (Wildman–Crippen MR) is 103 cm³/mol. The van der Waals surface area contributed by atoms with Gasteiger partial charge in [-0.3, -0.25) is 9.52 Å². The van der Waals surface area contributed by atoms with Crippen LogP contribution in [0.3, 0.4) is 0 Å². The molecule has 0 atom stereocenters. The molecule has 3 rings (SSSR count). The van der Waals surface area contributed by atoms with Crippen LogP contribution in [-0.4, -0.2) is 26.3 Å². The first kappa shape index (κ1) is 18.7. The maximum Gasteiger partial charge on any atom is 0.261 e. The summed E-state index contributed by atoms with van der Waals surface area (Å²) < 4.78 is 32.8. The van der Waals surface area contributed by atoms with Gasteiger partial charge in [-0.05, 0) is 55.5 Å². The number of sulfonamides is 1. The van der Waals surface area contributed by atoms with Gasteiger partial charge in [0.25, 0.3) is 15.9 Å². The van der Waals surface area contributed by atoms with Crippen molar-refractivity contribution in [2.75, 3.05) is 11.8 Å². The lowest BCUT2D eigenvalue weighted by Crippen LogP contribution is -2.26. The molecular formula is C20H20N2O4S. The van der Waals surface area contributed by atoms with Crippen LogP contribution in [0.1, 0.15) is 21.7 Å². The third kappa shape index (κ3) is 4.57. The van der Waals surface area contributed by atoms with E-state index in [1.54, 1.807) is 37.6 Å². The third-order valence-electron chi connectivity index (χ3n) is 4.04. The second kappa shape index (κ2) is 7.67. The van der Waals surface area contributed by atoms with E-state index >= 15 is 0 Å². The van der Waals surface area contributed by atoms with E-state index < -0.39 is 10.0 Å². The fraction of sp³-hybridized carbons (Fsp3) is 0.150. The number of carbonyl (C=O) groups excluding carboxylic acids is 1. The molecule has 0 aliphatic carbocycles. The van der Waals surface area contributed by atoms with Gasteiger partial charge in [-0.25, -0.2) is 8.42 Å². The van der Waals surface area contributed by atoms with Gasteiger partial charge < -0.3 is 9.32 Å². The molecule has 3 aromatic rings. The number of nitrogens with one attached hydrogen (secondary N) is 1. The van der Waals surface area contributed by atoms with E-state index in [2.05, 4.69) is 4.72 Å². The molecule has 1 amide bonds. The van der Waals surface area contributed by atoms with Crippen LogP contribution in [0.25, 0.3) is 0 Å². The van der Waals surface area contributed by atoms with E-state index in [0.717, 1.165) is 5.56 Å². The van der Waals surface area contributed by atoms with Crippen LogP contribution in [0, 0.1) is 6.92 Å². The fourth-order valence-corrected chi connectivity index (χ4v) is 3.60. The van der Waals surface area contributed by atoms with Crippen molar-refractivity contribution < 1.29 is 17.6 Å². The summed E-state index contributed by atoms with van der Waals surface area (Å²) >= 11 is 0. The quantitative estimate of drug-likeness (QED) is 0.703. The Morgan fingerprint density at radius 1 is 1.04 bits per heavy atom. The van der Waals surface area contributed by atoms with Crippen LogP contribution >= 0.6 is 0 Å². The number of nitrogens with zero attached hydrogens (tertiary/aromatic N) is 1. The average molecular weight is 384 g/mol. The van der Waals surface area contributed by atoms with E-state index in [-0.39, 0.29) is 10.8 Å². The van der Waals surface area contributed by atoms with E-state index in [9.17, 15) is 13.2 Å². The zero-order valence-corrected chi connectivity index (χ0v) is 15.9. The van der Waals surface area contributed by atoms with Gasteiger partial charge in [-0.2, -0.15) is 0 Å². The first-order chi connectivity index (χ1) is 12.8. The zero-order valence-electron chi connectivity index (χ0n) is 15.0.